The van der Waals surface area contributed by atoms with Gasteiger partial charge < -0.3 is 10.6 Å². The van der Waals surface area contributed by atoms with Gasteiger partial charge in [-0.05, 0) is 33.3 Å². The molecule has 4 nitrogen and oxygen atoms in total. The van der Waals surface area contributed by atoms with Crippen molar-refractivity contribution in [1.82, 2.24) is 20.4 Å². The lowest BCUT2D eigenvalue weighted by Crippen LogP contribution is -2.54. The van der Waals surface area contributed by atoms with Gasteiger partial charge in [0, 0.05) is 74.4 Å². The van der Waals surface area contributed by atoms with E-state index in [0.29, 0.717) is 6.04 Å². The highest BCUT2D eigenvalue weighted by Crippen LogP contribution is 2.12. The van der Waals surface area contributed by atoms with E-state index in [4.69, 9.17) is 0 Å². The maximum Gasteiger partial charge on any atom is 0.0320 e. The Bertz CT molecular complexity index is 546. The minimum Gasteiger partial charge on any atom is -0.314 e. The van der Waals surface area contributed by atoms with Crippen LogP contribution < -0.4 is 10.6 Å². The molecule has 0 spiro atoms. The molecule has 2 N–H and O–H groups in total. The fraction of sp³-hybridized carbons (Fsp3) is 0.727. The van der Waals surface area contributed by atoms with Gasteiger partial charge in [-0.3, -0.25) is 9.80 Å². The first-order valence-electron chi connectivity index (χ1n) is 10.5. The standard InChI is InChI=1S/C22H40N4S2/c1-21(2,27)17-23-14-20(24-18-22(3,4)28)16-26-12-10-25(11-13-26)15-19-8-6-5-7-9-19/h5-9,20,23-24,27-28H,10-18H2,1-4H3/t20-/m0/s1. The highest BCUT2D eigenvalue weighted by atomic mass is 32.1. The number of piperazine rings is 1. The number of thiol groups is 2. The third kappa shape index (κ3) is 10.5. The van der Waals surface area contributed by atoms with Gasteiger partial charge in [0.05, 0.1) is 0 Å². The van der Waals surface area contributed by atoms with Crippen LogP contribution in [0.4, 0.5) is 0 Å². The molecule has 1 atom stereocenters. The molecule has 1 fully saturated rings. The van der Waals surface area contributed by atoms with Crippen LogP contribution in [-0.2, 0) is 6.54 Å². The van der Waals surface area contributed by atoms with Crippen molar-refractivity contribution in [3.05, 3.63) is 35.9 Å². The van der Waals surface area contributed by atoms with Gasteiger partial charge in [0.15, 0.2) is 0 Å². The number of rotatable bonds is 11. The molecule has 0 unspecified atom stereocenters. The lowest BCUT2D eigenvalue weighted by atomic mass is 10.1. The van der Waals surface area contributed by atoms with Crippen LogP contribution in [-0.4, -0.2) is 77.7 Å². The summed E-state index contributed by atoms with van der Waals surface area (Å²) in [7, 11) is 0. The van der Waals surface area contributed by atoms with Crippen LogP contribution in [0.25, 0.3) is 0 Å². The fourth-order valence-corrected chi connectivity index (χ4v) is 3.63. The summed E-state index contributed by atoms with van der Waals surface area (Å²) in [6.45, 7) is 18.0. The molecule has 0 bridgehead atoms. The summed E-state index contributed by atoms with van der Waals surface area (Å²) in [5.74, 6) is 0. The van der Waals surface area contributed by atoms with E-state index < -0.39 is 0 Å². The second kappa shape index (κ2) is 11.2. The molecule has 0 aliphatic carbocycles. The fourth-order valence-electron chi connectivity index (χ4n) is 3.43. The van der Waals surface area contributed by atoms with Crippen molar-refractivity contribution in [1.29, 1.82) is 0 Å². The van der Waals surface area contributed by atoms with Crippen LogP contribution in [0.5, 0.6) is 0 Å². The first kappa shape index (κ1) is 24.0. The highest BCUT2D eigenvalue weighted by molar-refractivity contribution is 7.82. The maximum atomic E-state index is 4.68. The molecule has 0 aromatic heterocycles. The Balaban J connectivity index is 1.78. The second-order valence-corrected chi connectivity index (χ2v) is 11.8. The zero-order valence-corrected chi connectivity index (χ0v) is 19.9. The van der Waals surface area contributed by atoms with Crippen LogP contribution in [0, 0.1) is 0 Å². The van der Waals surface area contributed by atoms with Crippen LogP contribution in [0.15, 0.2) is 30.3 Å². The Labute approximate surface area is 183 Å². The lowest BCUT2D eigenvalue weighted by Gasteiger charge is -2.37. The van der Waals surface area contributed by atoms with Gasteiger partial charge in [-0.2, -0.15) is 25.3 Å². The molecule has 1 saturated heterocycles. The van der Waals surface area contributed by atoms with E-state index >= 15 is 0 Å². The molecular formula is C22H40N4S2. The van der Waals surface area contributed by atoms with Gasteiger partial charge in [0.25, 0.3) is 0 Å². The second-order valence-electron chi connectivity index (χ2n) is 9.40. The highest BCUT2D eigenvalue weighted by Gasteiger charge is 2.22. The Hall–Kier alpha value is -0.240. The van der Waals surface area contributed by atoms with Crippen LogP contribution in [0.2, 0.25) is 0 Å². The molecule has 6 heteroatoms. The van der Waals surface area contributed by atoms with Gasteiger partial charge >= 0.3 is 0 Å². The monoisotopic (exact) mass is 424 g/mol. The summed E-state index contributed by atoms with van der Waals surface area (Å²) in [6, 6.07) is 11.2. The quantitative estimate of drug-likeness (QED) is 0.412. The summed E-state index contributed by atoms with van der Waals surface area (Å²) in [6.07, 6.45) is 0. The molecular weight excluding hydrogens is 384 g/mol. The Kier molecular flexibility index (Phi) is 9.64. The number of benzene rings is 1. The van der Waals surface area contributed by atoms with Gasteiger partial charge in [-0.15, -0.1) is 0 Å². The first-order chi connectivity index (χ1) is 13.1. The minimum atomic E-state index is -0.00452. The van der Waals surface area contributed by atoms with Crippen molar-refractivity contribution in [2.45, 2.75) is 49.8 Å². The smallest absolute Gasteiger partial charge is 0.0320 e. The predicted molar refractivity (Wildman–Crippen MR) is 129 cm³/mol. The van der Waals surface area contributed by atoms with Crippen LogP contribution in [0.3, 0.4) is 0 Å². The van der Waals surface area contributed by atoms with Crippen molar-refractivity contribution < 1.29 is 0 Å². The molecule has 1 aliphatic rings. The third-order valence-electron chi connectivity index (χ3n) is 4.96. The van der Waals surface area contributed by atoms with E-state index in [-0.39, 0.29) is 9.49 Å². The van der Waals surface area contributed by atoms with Gasteiger partial charge in [-0.25, -0.2) is 0 Å². The number of hydrogen-bond donors (Lipinski definition) is 4. The predicted octanol–water partition coefficient (Wildman–Crippen LogP) is 2.77. The average Bonchev–Trinajstić information content (AvgIpc) is 2.60. The summed E-state index contributed by atoms with van der Waals surface area (Å²) >= 11 is 9.30. The van der Waals surface area contributed by atoms with Crippen molar-refractivity contribution >= 4 is 25.3 Å². The average molecular weight is 425 g/mol. The molecule has 0 radical (unpaired) electrons. The minimum absolute atomic E-state index is 0.00452. The Morgan fingerprint density at radius 1 is 0.893 bits per heavy atom. The van der Waals surface area contributed by atoms with E-state index in [9.17, 15) is 0 Å². The van der Waals surface area contributed by atoms with Crippen molar-refractivity contribution in [2.24, 2.45) is 0 Å². The van der Waals surface area contributed by atoms with Crippen molar-refractivity contribution in [2.75, 3.05) is 52.4 Å². The molecule has 1 aromatic carbocycles. The van der Waals surface area contributed by atoms with E-state index in [1.54, 1.807) is 0 Å². The SMILES string of the molecule is CC(C)(S)CNC[C@@H](CN1CCN(Cc2ccccc2)CC1)NCC(C)(C)S. The summed E-state index contributed by atoms with van der Waals surface area (Å²) in [5, 5.41) is 7.32. The Morgan fingerprint density at radius 2 is 1.46 bits per heavy atom. The van der Waals surface area contributed by atoms with Gasteiger partial charge in [0.2, 0.25) is 0 Å². The summed E-state index contributed by atoms with van der Waals surface area (Å²) in [4.78, 5) is 5.16. The molecule has 2 rings (SSSR count). The first-order valence-corrected chi connectivity index (χ1v) is 11.4. The number of nitrogens with one attached hydrogen (secondary N) is 2. The number of nitrogens with zero attached hydrogens (tertiary/aromatic N) is 2. The largest absolute Gasteiger partial charge is 0.314 e. The number of hydrogen-bond acceptors (Lipinski definition) is 6. The molecule has 1 aromatic rings. The van der Waals surface area contributed by atoms with Crippen LogP contribution >= 0.6 is 25.3 Å². The molecule has 1 heterocycles. The van der Waals surface area contributed by atoms with E-state index in [1.807, 2.05) is 0 Å². The molecule has 160 valence electrons. The topological polar surface area (TPSA) is 30.5 Å². The van der Waals surface area contributed by atoms with E-state index in [2.05, 4.69) is 104 Å². The van der Waals surface area contributed by atoms with Crippen molar-refractivity contribution in [3.8, 4) is 0 Å². The molecule has 28 heavy (non-hydrogen) atoms. The molecule has 1 aliphatic heterocycles. The van der Waals surface area contributed by atoms with Crippen LogP contribution in [0.1, 0.15) is 33.3 Å². The van der Waals surface area contributed by atoms with Gasteiger partial charge in [-0.1, -0.05) is 30.3 Å². The lowest BCUT2D eigenvalue weighted by molar-refractivity contribution is 0.117. The summed E-state index contributed by atoms with van der Waals surface area (Å²) in [5.41, 5.74) is 1.41. The third-order valence-corrected chi connectivity index (χ3v) is 5.28. The zero-order chi connectivity index (χ0) is 20.6. The van der Waals surface area contributed by atoms with Gasteiger partial charge in [0.1, 0.15) is 0 Å². The summed E-state index contributed by atoms with van der Waals surface area (Å²) < 4.78 is 0.00583. The normalized spacial score (nSPS) is 18.4. The van der Waals surface area contributed by atoms with Crippen molar-refractivity contribution in [3.63, 3.8) is 0 Å². The van der Waals surface area contributed by atoms with E-state index in [1.165, 1.54) is 5.56 Å². The zero-order valence-electron chi connectivity index (χ0n) is 18.1. The molecule has 0 saturated carbocycles. The maximum absolute atomic E-state index is 4.68. The Morgan fingerprint density at radius 3 is 2.04 bits per heavy atom. The van der Waals surface area contributed by atoms with E-state index in [0.717, 1.165) is 58.9 Å². The molecule has 0 amide bonds.